The molecule has 1 aromatic rings. The highest BCUT2D eigenvalue weighted by molar-refractivity contribution is 9.10. The minimum Gasteiger partial charge on any atom is -0.376 e. The molecule has 1 aliphatic rings. The molecule has 0 amide bonds. The molecular formula is C13H16Br2O. The average Bonchev–Trinajstić information content (AvgIpc) is 2.25. The summed E-state index contributed by atoms with van der Waals surface area (Å²) in [4.78, 5) is 0. The number of alkyl halides is 1. The van der Waals surface area contributed by atoms with Crippen LogP contribution in [0, 0.1) is 5.41 Å². The Kier molecular flexibility index (Phi) is 4.45. The highest BCUT2D eigenvalue weighted by atomic mass is 79.9. The largest absolute Gasteiger partial charge is 0.376 e. The molecule has 1 fully saturated rings. The van der Waals surface area contributed by atoms with Crippen LogP contribution in [-0.2, 0) is 11.3 Å². The molecule has 0 bridgehead atoms. The molecule has 1 aromatic carbocycles. The van der Waals surface area contributed by atoms with Gasteiger partial charge >= 0.3 is 0 Å². The van der Waals surface area contributed by atoms with Crippen molar-refractivity contribution in [1.29, 1.82) is 0 Å². The van der Waals surface area contributed by atoms with Crippen LogP contribution < -0.4 is 0 Å². The van der Waals surface area contributed by atoms with Gasteiger partial charge in [-0.3, -0.25) is 0 Å². The molecular weight excluding hydrogens is 332 g/mol. The third-order valence-corrected chi connectivity index (χ3v) is 5.01. The summed E-state index contributed by atoms with van der Waals surface area (Å²) in [5.74, 6) is 0. The summed E-state index contributed by atoms with van der Waals surface area (Å²) in [5, 5.41) is 1.07. The minimum atomic E-state index is 0.426. The molecule has 88 valence electrons. The summed E-state index contributed by atoms with van der Waals surface area (Å²) in [7, 11) is 0. The molecule has 1 saturated carbocycles. The zero-order chi connectivity index (χ0) is 11.4. The van der Waals surface area contributed by atoms with Crippen molar-refractivity contribution in [2.45, 2.75) is 25.9 Å². The Morgan fingerprint density at radius 3 is 2.38 bits per heavy atom. The van der Waals surface area contributed by atoms with Crippen molar-refractivity contribution in [3.8, 4) is 0 Å². The standard InChI is InChI=1S/C13H16Br2O/c14-9-13(6-1-7-13)10-16-8-11-2-4-12(15)5-3-11/h2-5H,1,6-10H2. The van der Waals surface area contributed by atoms with E-state index in [-0.39, 0.29) is 0 Å². The predicted molar refractivity (Wildman–Crippen MR) is 73.9 cm³/mol. The summed E-state index contributed by atoms with van der Waals surface area (Å²) in [6.45, 7) is 1.61. The molecule has 3 heteroatoms. The van der Waals surface area contributed by atoms with Crippen LogP contribution >= 0.6 is 31.9 Å². The lowest BCUT2D eigenvalue weighted by Gasteiger charge is -2.40. The van der Waals surface area contributed by atoms with E-state index < -0.39 is 0 Å². The molecule has 0 atom stereocenters. The Labute approximate surface area is 114 Å². The first-order valence-electron chi connectivity index (χ1n) is 5.62. The third-order valence-electron chi connectivity index (χ3n) is 3.29. The summed E-state index contributed by atoms with van der Waals surface area (Å²) in [6, 6.07) is 8.32. The lowest BCUT2D eigenvalue weighted by molar-refractivity contribution is 0.00272. The molecule has 0 aromatic heterocycles. The van der Waals surface area contributed by atoms with Gasteiger partial charge in [0.1, 0.15) is 0 Å². The van der Waals surface area contributed by atoms with Crippen molar-refractivity contribution in [3.63, 3.8) is 0 Å². The zero-order valence-corrected chi connectivity index (χ0v) is 12.4. The monoisotopic (exact) mass is 346 g/mol. The van der Waals surface area contributed by atoms with Gasteiger partial charge < -0.3 is 4.74 Å². The van der Waals surface area contributed by atoms with Crippen molar-refractivity contribution < 1.29 is 4.74 Å². The van der Waals surface area contributed by atoms with E-state index in [9.17, 15) is 0 Å². The zero-order valence-electron chi connectivity index (χ0n) is 9.22. The molecule has 0 spiro atoms. The van der Waals surface area contributed by atoms with Gasteiger partial charge in [-0.25, -0.2) is 0 Å². The van der Waals surface area contributed by atoms with E-state index in [1.54, 1.807) is 0 Å². The van der Waals surface area contributed by atoms with E-state index in [0.717, 1.165) is 23.0 Å². The summed E-state index contributed by atoms with van der Waals surface area (Å²) in [5.41, 5.74) is 1.67. The molecule has 2 rings (SSSR count). The number of hydrogen-bond acceptors (Lipinski definition) is 1. The number of ether oxygens (including phenoxy) is 1. The predicted octanol–water partition coefficient (Wildman–Crippen LogP) is 4.53. The van der Waals surface area contributed by atoms with Crippen molar-refractivity contribution in [2.24, 2.45) is 5.41 Å². The molecule has 0 aliphatic heterocycles. The molecule has 0 N–H and O–H groups in total. The number of halogens is 2. The number of benzene rings is 1. The molecule has 16 heavy (non-hydrogen) atoms. The topological polar surface area (TPSA) is 9.23 Å². The van der Waals surface area contributed by atoms with E-state index >= 15 is 0 Å². The molecule has 0 heterocycles. The molecule has 0 saturated heterocycles. The molecule has 1 aliphatic carbocycles. The highest BCUT2D eigenvalue weighted by Crippen LogP contribution is 2.42. The lowest BCUT2D eigenvalue weighted by Crippen LogP contribution is -2.35. The van der Waals surface area contributed by atoms with Crippen molar-refractivity contribution in [1.82, 2.24) is 0 Å². The number of hydrogen-bond donors (Lipinski definition) is 0. The average molecular weight is 348 g/mol. The Morgan fingerprint density at radius 1 is 1.19 bits per heavy atom. The maximum Gasteiger partial charge on any atom is 0.0717 e. The second-order valence-corrected chi connectivity index (χ2v) is 6.08. The highest BCUT2D eigenvalue weighted by Gasteiger charge is 2.35. The normalized spacial score (nSPS) is 18.1. The fourth-order valence-corrected chi connectivity index (χ4v) is 2.95. The van der Waals surface area contributed by atoms with Gasteiger partial charge in [-0.1, -0.05) is 50.4 Å². The summed E-state index contributed by atoms with van der Waals surface area (Å²) >= 11 is 7.02. The van der Waals surface area contributed by atoms with E-state index in [0.29, 0.717) is 5.41 Å². The van der Waals surface area contributed by atoms with Crippen LogP contribution in [0.2, 0.25) is 0 Å². The third kappa shape index (κ3) is 3.08. The van der Waals surface area contributed by atoms with E-state index in [1.165, 1.54) is 24.8 Å². The first-order chi connectivity index (χ1) is 7.74. The second-order valence-electron chi connectivity index (χ2n) is 4.61. The lowest BCUT2D eigenvalue weighted by atomic mass is 9.71. The SMILES string of the molecule is BrCC1(COCc2ccc(Br)cc2)CCC1. The van der Waals surface area contributed by atoms with Gasteiger partial charge in [-0.05, 0) is 30.5 Å². The van der Waals surface area contributed by atoms with Crippen LogP contribution in [0.5, 0.6) is 0 Å². The quantitative estimate of drug-likeness (QED) is 0.711. The number of rotatable bonds is 5. The molecule has 0 radical (unpaired) electrons. The van der Waals surface area contributed by atoms with Crippen LogP contribution in [0.4, 0.5) is 0 Å². The Balaban J connectivity index is 1.77. The molecule has 1 nitrogen and oxygen atoms in total. The Hall–Kier alpha value is 0.140. The van der Waals surface area contributed by atoms with Crippen LogP contribution in [0.25, 0.3) is 0 Å². The van der Waals surface area contributed by atoms with Gasteiger partial charge in [0.2, 0.25) is 0 Å². The fraction of sp³-hybridized carbons (Fsp3) is 0.538. The van der Waals surface area contributed by atoms with Crippen molar-refractivity contribution >= 4 is 31.9 Å². The van der Waals surface area contributed by atoms with Crippen LogP contribution in [-0.4, -0.2) is 11.9 Å². The van der Waals surface area contributed by atoms with E-state index in [1.807, 2.05) is 0 Å². The first-order valence-corrected chi connectivity index (χ1v) is 7.54. The summed E-state index contributed by atoms with van der Waals surface area (Å²) in [6.07, 6.45) is 3.96. The fourth-order valence-electron chi connectivity index (χ4n) is 1.96. The summed E-state index contributed by atoms with van der Waals surface area (Å²) < 4.78 is 6.93. The van der Waals surface area contributed by atoms with E-state index in [4.69, 9.17) is 4.74 Å². The molecule has 0 unspecified atom stereocenters. The Bertz CT molecular complexity index is 325. The smallest absolute Gasteiger partial charge is 0.0717 e. The van der Waals surface area contributed by atoms with Gasteiger partial charge in [0.05, 0.1) is 13.2 Å². The van der Waals surface area contributed by atoms with Crippen LogP contribution in [0.3, 0.4) is 0 Å². The maximum atomic E-state index is 5.81. The van der Waals surface area contributed by atoms with Gasteiger partial charge in [-0.2, -0.15) is 0 Å². The van der Waals surface area contributed by atoms with Crippen molar-refractivity contribution in [3.05, 3.63) is 34.3 Å². The van der Waals surface area contributed by atoms with Gasteiger partial charge in [0, 0.05) is 15.2 Å². The van der Waals surface area contributed by atoms with E-state index in [2.05, 4.69) is 56.1 Å². The van der Waals surface area contributed by atoms with Gasteiger partial charge in [0.25, 0.3) is 0 Å². The second kappa shape index (κ2) is 5.65. The first kappa shape index (κ1) is 12.6. The van der Waals surface area contributed by atoms with Gasteiger partial charge in [0.15, 0.2) is 0 Å². The minimum absolute atomic E-state index is 0.426. The Morgan fingerprint density at radius 2 is 1.88 bits per heavy atom. The van der Waals surface area contributed by atoms with Crippen LogP contribution in [0.15, 0.2) is 28.7 Å². The maximum absolute atomic E-state index is 5.81. The van der Waals surface area contributed by atoms with Gasteiger partial charge in [-0.15, -0.1) is 0 Å². The van der Waals surface area contributed by atoms with Crippen LogP contribution in [0.1, 0.15) is 24.8 Å². The van der Waals surface area contributed by atoms with Crippen molar-refractivity contribution in [2.75, 3.05) is 11.9 Å².